The molecular formula is C14H19N3O3. The molecule has 0 aromatic carbocycles. The first kappa shape index (κ1) is 14.3. The number of rotatable bonds is 4. The minimum absolute atomic E-state index is 0.0467. The summed E-state index contributed by atoms with van der Waals surface area (Å²) in [6.45, 7) is 2.69. The highest BCUT2D eigenvalue weighted by Gasteiger charge is 2.37. The average Bonchev–Trinajstić information content (AvgIpc) is 2.36. The first-order valence-corrected chi connectivity index (χ1v) is 6.55. The molecule has 0 bridgehead atoms. The van der Waals surface area contributed by atoms with Crippen molar-refractivity contribution in [2.75, 3.05) is 32.1 Å². The number of hydrogen-bond donors (Lipinski definition) is 1. The first-order valence-electron chi connectivity index (χ1n) is 6.55. The molecule has 1 aliphatic heterocycles. The van der Waals surface area contributed by atoms with Crippen molar-refractivity contribution < 1.29 is 14.7 Å². The molecule has 1 N–H and O–H groups in total. The van der Waals surface area contributed by atoms with Crippen molar-refractivity contribution in [2.45, 2.75) is 6.92 Å². The Morgan fingerprint density at radius 2 is 2.05 bits per heavy atom. The van der Waals surface area contributed by atoms with Crippen LogP contribution in [0.4, 0.5) is 5.82 Å². The molecule has 1 fully saturated rings. The summed E-state index contributed by atoms with van der Waals surface area (Å²) in [4.78, 5) is 30.8. The summed E-state index contributed by atoms with van der Waals surface area (Å²) in [6.07, 6.45) is 1.56. The lowest BCUT2D eigenvalue weighted by Crippen LogP contribution is -2.53. The maximum absolute atomic E-state index is 12.2. The Morgan fingerprint density at radius 3 is 2.50 bits per heavy atom. The molecule has 0 radical (unpaired) electrons. The van der Waals surface area contributed by atoms with Crippen LogP contribution < -0.4 is 4.90 Å². The van der Waals surface area contributed by atoms with Crippen LogP contribution in [0.25, 0.3) is 0 Å². The molecule has 0 aliphatic carbocycles. The molecule has 0 saturated carbocycles. The molecule has 2 heterocycles. The van der Waals surface area contributed by atoms with E-state index in [1.807, 2.05) is 19.0 Å². The van der Waals surface area contributed by atoms with E-state index in [2.05, 4.69) is 4.98 Å². The number of likely N-dealkylation sites (tertiary alicyclic amines) is 1. The van der Waals surface area contributed by atoms with Gasteiger partial charge >= 0.3 is 5.97 Å². The van der Waals surface area contributed by atoms with E-state index >= 15 is 0 Å². The van der Waals surface area contributed by atoms with Crippen LogP contribution >= 0.6 is 0 Å². The number of carbonyl (C=O) groups is 2. The zero-order valence-corrected chi connectivity index (χ0v) is 11.9. The molecule has 6 nitrogen and oxygen atoms in total. The van der Waals surface area contributed by atoms with E-state index < -0.39 is 11.9 Å². The molecule has 1 atom stereocenters. The third-order valence-electron chi connectivity index (χ3n) is 3.75. The second-order valence-electron chi connectivity index (χ2n) is 5.40. The summed E-state index contributed by atoms with van der Waals surface area (Å²) in [5.74, 6) is -0.461. The van der Waals surface area contributed by atoms with Crippen LogP contribution in [-0.4, -0.2) is 54.1 Å². The predicted molar refractivity (Wildman–Crippen MR) is 74.8 cm³/mol. The highest BCUT2D eigenvalue weighted by molar-refractivity contribution is 5.94. The third kappa shape index (κ3) is 2.74. The van der Waals surface area contributed by atoms with Crippen LogP contribution in [0, 0.1) is 11.8 Å². The van der Waals surface area contributed by atoms with E-state index in [1.54, 1.807) is 30.2 Å². The summed E-state index contributed by atoms with van der Waals surface area (Å²) >= 11 is 0. The van der Waals surface area contributed by atoms with Gasteiger partial charge in [-0.25, -0.2) is 4.98 Å². The number of nitrogens with zero attached hydrogens (tertiary/aromatic N) is 3. The fraction of sp³-hybridized carbons (Fsp3) is 0.500. The molecule has 1 amide bonds. The van der Waals surface area contributed by atoms with Gasteiger partial charge in [0.25, 0.3) is 5.91 Å². The molecule has 1 saturated heterocycles. The molecule has 1 aliphatic rings. The monoisotopic (exact) mass is 277 g/mol. The van der Waals surface area contributed by atoms with Crippen molar-refractivity contribution in [3.63, 3.8) is 0 Å². The largest absolute Gasteiger partial charge is 0.481 e. The van der Waals surface area contributed by atoms with Crippen LogP contribution in [0.15, 0.2) is 18.3 Å². The van der Waals surface area contributed by atoms with Crippen LogP contribution in [0.5, 0.6) is 0 Å². The van der Waals surface area contributed by atoms with Crippen molar-refractivity contribution in [2.24, 2.45) is 11.8 Å². The summed E-state index contributed by atoms with van der Waals surface area (Å²) < 4.78 is 0. The Balaban J connectivity index is 1.95. The summed E-state index contributed by atoms with van der Waals surface area (Å²) in [5, 5.41) is 8.92. The second-order valence-corrected chi connectivity index (χ2v) is 5.40. The van der Waals surface area contributed by atoms with Crippen molar-refractivity contribution >= 4 is 17.7 Å². The summed E-state index contributed by atoms with van der Waals surface area (Å²) in [5.41, 5.74) is 0.539. The van der Waals surface area contributed by atoms with Crippen molar-refractivity contribution in [3.05, 3.63) is 23.9 Å². The standard InChI is InChI=1S/C14H19N3O3/c1-9(14(19)20)11-7-17(8-11)13(18)10-4-5-12(15-6-10)16(2)3/h4-6,9,11H,7-8H2,1-3H3,(H,19,20). The molecule has 1 aromatic rings. The number of anilines is 1. The zero-order chi connectivity index (χ0) is 14.9. The Hall–Kier alpha value is -2.11. The number of carbonyl (C=O) groups excluding carboxylic acids is 1. The predicted octanol–water partition coefficient (Wildman–Crippen LogP) is 0.940. The number of hydrogen-bond acceptors (Lipinski definition) is 4. The second kappa shape index (κ2) is 5.48. The molecule has 0 spiro atoms. The van der Waals surface area contributed by atoms with E-state index in [0.29, 0.717) is 18.7 Å². The van der Waals surface area contributed by atoms with Crippen molar-refractivity contribution in [1.29, 1.82) is 0 Å². The maximum atomic E-state index is 12.2. The van der Waals surface area contributed by atoms with Gasteiger partial charge < -0.3 is 14.9 Å². The summed E-state index contributed by atoms with van der Waals surface area (Å²) in [6, 6.07) is 3.54. The van der Waals surface area contributed by atoms with E-state index in [-0.39, 0.29) is 11.8 Å². The van der Waals surface area contributed by atoms with Gasteiger partial charge in [0, 0.05) is 39.3 Å². The summed E-state index contributed by atoms with van der Waals surface area (Å²) in [7, 11) is 3.77. The fourth-order valence-electron chi connectivity index (χ4n) is 2.16. The van der Waals surface area contributed by atoms with Gasteiger partial charge in [-0.1, -0.05) is 6.92 Å². The fourth-order valence-corrected chi connectivity index (χ4v) is 2.16. The number of carboxylic acids is 1. The van der Waals surface area contributed by atoms with Crippen molar-refractivity contribution in [1.82, 2.24) is 9.88 Å². The number of carboxylic acid groups (broad SMARTS) is 1. The topological polar surface area (TPSA) is 73.7 Å². The van der Waals surface area contributed by atoms with Gasteiger partial charge in [0.1, 0.15) is 5.82 Å². The molecule has 20 heavy (non-hydrogen) atoms. The molecule has 1 unspecified atom stereocenters. The molecule has 6 heteroatoms. The third-order valence-corrected chi connectivity index (χ3v) is 3.75. The quantitative estimate of drug-likeness (QED) is 0.886. The van der Waals surface area contributed by atoms with Crippen LogP contribution in [0.2, 0.25) is 0 Å². The normalized spacial score (nSPS) is 16.4. The van der Waals surface area contributed by atoms with E-state index in [4.69, 9.17) is 5.11 Å². The van der Waals surface area contributed by atoms with E-state index in [1.165, 1.54) is 0 Å². The zero-order valence-electron chi connectivity index (χ0n) is 11.9. The molecule has 2 rings (SSSR count). The van der Waals surface area contributed by atoms with E-state index in [0.717, 1.165) is 5.82 Å². The highest BCUT2D eigenvalue weighted by Crippen LogP contribution is 2.25. The van der Waals surface area contributed by atoms with Crippen LogP contribution in [0.3, 0.4) is 0 Å². The highest BCUT2D eigenvalue weighted by atomic mass is 16.4. The maximum Gasteiger partial charge on any atom is 0.306 e. The first-order chi connectivity index (χ1) is 9.40. The lowest BCUT2D eigenvalue weighted by molar-refractivity contribution is -0.144. The van der Waals surface area contributed by atoms with Crippen molar-refractivity contribution in [3.8, 4) is 0 Å². The average molecular weight is 277 g/mol. The Labute approximate surface area is 118 Å². The lowest BCUT2D eigenvalue weighted by Gasteiger charge is -2.41. The smallest absolute Gasteiger partial charge is 0.306 e. The molecule has 1 aromatic heterocycles. The van der Waals surface area contributed by atoms with Gasteiger partial charge in [-0.2, -0.15) is 0 Å². The number of amides is 1. The van der Waals surface area contributed by atoms with E-state index in [9.17, 15) is 9.59 Å². The number of pyridine rings is 1. The molecule has 108 valence electrons. The van der Waals surface area contributed by atoms with Gasteiger partial charge in [-0.15, -0.1) is 0 Å². The van der Waals surface area contributed by atoms with Gasteiger partial charge in [0.2, 0.25) is 0 Å². The van der Waals surface area contributed by atoms with Gasteiger partial charge in [-0.3, -0.25) is 9.59 Å². The molecular weight excluding hydrogens is 258 g/mol. The van der Waals surface area contributed by atoms with Gasteiger partial charge in [0.05, 0.1) is 11.5 Å². The Kier molecular flexibility index (Phi) is 3.92. The SMILES string of the molecule is CC(C(=O)O)C1CN(C(=O)c2ccc(N(C)C)nc2)C1. The minimum Gasteiger partial charge on any atom is -0.481 e. The minimum atomic E-state index is -0.806. The number of aromatic nitrogens is 1. The lowest BCUT2D eigenvalue weighted by atomic mass is 9.87. The number of aliphatic carboxylic acids is 1. The Bertz CT molecular complexity index is 507. The Morgan fingerprint density at radius 1 is 1.40 bits per heavy atom. The van der Waals surface area contributed by atoms with Gasteiger partial charge in [-0.05, 0) is 12.1 Å². The van der Waals surface area contributed by atoms with Gasteiger partial charge in [0.15, 0.2) is 0 Å². The van der Waals surface area contributed by atoms with Crippen LogP contribution in [-0.2, 0) is 4.79 Å². The van der Waals surface area contributed by atoms with Crippen LogP contribution in [0.1, 0.15) is 17.3 Å².